The maximum Gasteiger partial charge on any atom is 0.266 e. The smallest absolute Gasteiger partial charge is 0.266 e. The van der Waals surface area contributed by atoms with E-state index in [2.05, 4.69) is 0 Å². The van der Waals surface area contributed by atoms with Crippen LogP contribution in [0.4, 0.5) is 0 Å². The summed E-state index contributed by atoms with van der Waals surface area (Å²) in [7, 11) is 0. The molecule has 1 saturated heterocycles. The monoisotopic (exact) mass is 392 g/mol. The fourth-order valence-corrected chi connectivity index (χ4v) is 5.34. The lowest BCUT2D eigenvalue weighted by molar-refractivity contribution is -0.139. The summed E-state index contributed by atoms with van der Waals surface area (Å²) in [5.74, 6) is -0.109. The van der Waals surface area contributed by atoms with Crippen LogP contribution in [-0.2, 0) is 4.79 Å². The molecule has 6 nitrogen and oxygen atoms in total. The normalized spacial score (nSPS) is 24.4. The molecule has 2 heterocycles. The number of carbonyl (C=O) groups excluding carboxylic acids is 2. The van der Waals surface area contributed by atoms with Crippen LogP contribution in [0.2, 0.25) is 0 Å². The van der Waals surface area contributed by atoms with Crippen LogP contribution < -0.4 is 5.48 Å². The van der Waals surface area contributed by atoms with Crippen molar-refractivity contribution in [3.63, 3.8) is 0 Å². The summed E-state index contributed by atoms with van der Waals surface area (Å²) in [6.45, 7) is 0.530. The average Bonchev–Trinajstić information content (AvgIpc) is 3.15. The second-order valence-electron chi connectivity index (χ2n) is 8.23. The van der Waals surface area contributed by atoms with Crippen LogP contribution in [0.1, 0.15) is 42.5 Å². The van der Waals surface area contributed by atoms with Gasteiger partial charge in [0.1, 0.15) is 17.2 Å². The number of hydroxylamine groups is 1. The lowest BCUT2D eigenvalue weighted by Crippen LogP contribution is -2.58. The Morgan fingerprint density at radius 2 is 1.79 bits per heavy atom. The Morgan fingerprint density at radius 3 is 2.66 bits per heavy atom. The van der Waals surface area contributed by atoms with Gasteiger partial charge >= 0.3 is 0 Å². The van der Waals surface area contributed by atoms with Gasteiger partial charge in [-0.3, -0.25) is 14.8 Å². The number of piperidine rings is 1. The van der Waals surface area contributed by atoms with Crippen molar-refractivity contribution in [2.24, 2.45) is 11.8 Å². The third kappa shape index (κ3) is 2.99. The molecule has 3 atom stereocenters. The van der Waals surface area contributed by atoms with Crippen molar-refractivity contribution in [1.29, 1.82) is 0 Å². The molecule has 0 spiro atoms. The minimum absolute atomic E-state index is 0.104. The van der Waals surface area contributed by atoms with Gasteiger partial charge in [0.25, 0.3) is 11.8 Å². The molecule has 150 valence electrons. The van der Waals surface area contributed by atoms with Crippen molar-refractivity contribution in [2.75, 3.05) is 6.54 Å². The quantitative estimate of drug-likeness (QED) is 0.508. The first kappa shape index (κ1) is 18.2. The Balaban J connectivity index is 1.52. The Bertz CT molecular complexity index is 1090. The number of benzene rings is 2. The molecule has 2 aromatic carbocycles. The van der Waals surface area contributed by atoms with Crippen molar-refractivity contribution in [3.8, 4) is 0 Å². The number of likely N-dealkylation sites (tertiary alicyclic amines) is 1. The number of nitrogens with zero attached hydrogens (tertiary/aromatic N) is 1. The molecule has 6 heteroatoms. The first-order valence-electron chi connectivity index (χ1n) is 10.3. The van der Waals surface area contributed by atoms with Crippen LogP contribution in [0.15, 0.2) is 46.9 Å². The predicted octanol–water partition coefficient (Wildman–Crippen LogP) is 4.11. The highest BCUT2D eigenvalue weighted by molar-refractivity contribution is 6.08. The highest BCUT2D eigenvalue weighted by Gasteiger charge is 2.44. The maximum atomic E-state index is 13.4. The molecule has 3 aromatic rings. The van der Waals surface area contributed by atoms with Gasteiger partial charge in [0.2, 0.25) is 0 Å². The fraction of sp³-hybridized carbons (Fsp3) is 0.391. The maximum absolute atomic E-state index is 13.4. The number of carbonyl (C=O) groups is 2. The van der Waals surface area contributed by atoms with Gasteiger partial charge in [-0.15, -0.1) is 0 Å². The Labute approximate surface area is 168 Å². The van der Waals surface area contributed by atoms with E-state index in [1.54, 1.807) is 16.4 Å². The zero-order valence-corrected chi connectivity index (χ0v) is 16.1. The molecule has 1 aliphatic carbocycles. The largest absolute Gasteiger partial charge is 0.456 e. The van der Waals surface area contributed by atoms with E-state index in [4.69, 9.17) is 4.42 Å². The predicted molar refractivity (Wildman–Crippen MR) is 109 cm³/mol. The Hall–Kier alpha value is -2.86. The van der Waals surface area contributed by atoms with Crippen LogP contribution in [0.25, 0.3) is 21.9 Å². The summed E-state index contributed by atoms with van der Waals surface area (Å²) >= 11 is 0. The molecule has 5 rings (SSSR count). The van der Waals surface area contributed by atoms with Crippen molar-refractivity contribution in [1.82, 2.24) is 10.4 Å². The zero-order chi connectivity index (χ0) is 20.0. The van der Waals surface area contributed by atoms with E-state index in [0.29, 0.717) is 18.0 Å². The molecule has 2 amide bonds. The summed E-state index contributed by atoms with van der Waals surface area (Å²) in [5.41, 5.74) is 3.86. The molecule has 3 unspecified atom stereocenters. The van der Waals surface area contributed by atoms with Crippen molar-refractivity contribution < 1.29 is 19.2 Å². The molecule has 0 bridgehead atoms. The summed E-state index contributed by atoms with van der Waals surface area (Å²) in [6, 6.07) is 12.6. The minimum atomic E-state index is -0.622. The zero-order valence-electron chi connectivity index (χ0n) is 16.1. The molecular formula is C23H24N2O4. The standard InChI is InChI=1S/C23H24N2O4/c26-22(24-28)21-16-6-2-1-5-14(16)11-12-25(21)23(27)15-9-10-20-18(13-15)17-7-3-4-8-19(17)29-20/h3-4,7-10,13-14,16,21,28H,1-2,5-6,11-12H2,(H,24,26). The first-order valence-corrected chi connectivity index (χ1v) is 10.3. The average molecular weight is 392 g/mol. The van der Waals surface area contributed by atoms with E-state index >= 15 is 0 Å². The topological polar surface area (TPSA) is 82.8 Å². The molecule has 2 aliphatic rings. The summed E-state index contributed by atoms with van der Waals surface area (Å²) in [5, 5.41) is 11.2. The van der Waals surface area contributed by atoms with Gasteiger partial charge < -0.3 is 9.32 Å². The molecule has 1 saturated carbocycles. The molecule has 2 N–H and O–H groups in total. The summed E-state index contributed by atoms with van der Waals surface area (Å²) in [6.07, 6.45) is 5.15. The van der Waals surface area contributed by atoms with E-state index < -0.39 is 11.9 Å². The third-order valence-electron chi connectivity index (χ3n) is 6.71. The Kier molecular flexibility index (Phi) is 4.51. The van der Waals surface area contributed by atoms with Gasteiger partial charge in [-0.25, -0.2) is 5.48 Å². The van der Waals surface area contributed by atoms with E-state index in [0.717, 1.165) is 47.6 Å². The second-order valence-corrected chi connectivity index (χ2v) is 8.23. The molecule has 1 aromatic heterocycles. The number of hydrogen-bond acceptors (Lipinski definition) is 4. The van der Waals surface area contributed by atoms with Gasteiger partial charge in [0.05, 0.1) is 0 Å². The van der Waals surface area contributed by atoms with Crippen LogP contribution >= 0.6 is 0 Å². The number of hydrogen-bond donors (Lipinski definition) is 2. The first-order chi connectivity index (χ1) is 14.2. The number of amides is 2. The molecule has 2 fully saturated rings. The van der Waals surface area contributed by atoms with Crippen molar-refractivity contribution in [3.05, 3.63) is 48.0 Å². The summed E-state index contributed by atoms with van der Waals surface area (Å²) in [4.78, 5) is 27.6. The van der Waals surface area contributed by atoms with Gasteiger partial charge in [0.15, 0.2) is 0 Å². The Morgan fingerprint density at radius 1 is 1.00 bits per heavy atom. The second kappa shape index (κ2) is 7.19. The van der Waals surface area contributed by atoms with Gasteiger partial charge in [-0.1, -0.05) is 37.5 Å². The van der Waals surface area contributed by atoms with E-state index in [1.165, 1.54) is 6.42 Å². The van der Waals surface area contributed by atoms with E-state index in [-0.39, 0.29) is 11.8 Å². The lowest BCUT2D eigenvalue weighted by Gasteiger charge is -2.46. The van der Waals surface area contributed by atoms with E-state index in [9.17, 15) is 14.8 Å². The van der Waals surface area contributed by atoms with Crippen molar-refractivity contribution in [2.45, 2.75) is 38.1 Å². The number of fused-ring (bicyclic) bond motifs is 4. The van der Waals surface area contributed by atoms with Gasteiger partial charge in [-0.05, 0) is 48.9 Å². The lowest BCUT2D eigenvalue weighted by atomic mass is 9.70. The molecular weight excluding hydrogens is 368 g/mol. The highest BCUT2D eigenvalue weighted by Crippen LogP contribution is 2.40. The van der Waals surface area contributed by atoms with Crippen molar-refractivity contribution >= 4 is 33.8 Å². The van der Waals surface area contributed by atoms with Crippen LogP contribution in [0.3, 0.4) is 0 Å². The molecule has 1 aliphatic heterocycles. The highest BCUT2D eigenvalue weighted by atomic mass is 16.5. The number of nitrogens with one attached hydrogen (secondary N) is 1. The molecule has 29 heavy (non-hydrogen) atoms. The fourth-order valence-electron chi connectivity index (χ4n) is 5.34. The SMILES string of the molecule is O=C(NO)C1C2CCCCC2CCN1C(=O)c1ccc2oc3ccccc3c2c1. The number of para-hydroxylation sites is 1. The number of rotatable bonds is 2. The van der Waals surface area contributed by atoms with E-state index in [1.807, 2.05) is 36.4 Å². The van der Waals surface area contributed by atoms with Crippen LogP contribution in [0, 0.1) is 11.8 Å². The minimum Gasteiger partial charge on any atom is -0.456 e. The van der Waals surface area contributed by atoms with Crippen LogP contribution in [0.5, 0.6) is 0 Å². The van der Waals surface area contributed by atoms with Crippen LogP contribution in [-0.4, -0.2) is 34.5 Å². The number of furan rings is 1. The van der Waals surface area contributed by atoms with Gasteiger partial charge in [-0.2, -0.15) is 0 Å². The third-order valence-corrected chi connectivity index (χ3v) is 6.71. The van der Waals surface area contributed by atoms with Gasteiger partial charge in [0, 0.05) is 22.9 Å². The molecule has 0 radical (unpaired) electrons. The summed E-state index contributed by atoms with van der Waals surface area (Å²) < 4.78 is 5.86.